The Labute approximate surface area is 166 Å². The largest absolute Gasteiger partial charge is 0.469 e. The SMILES string of the molecule is Cc1cc(N2C=C3C(c4ccccc4)=C(OCc4ncn(C)n4)NN3C=N2)no1. The molecule has 2 aliphatic rings. The van der Waals surface area contributed by atoms with Crippen LogP contribution in [0.15, 0.2) is 70.1 Å². The number of rotatable bonds is 5. The van der Waals surface area contributed by atoms with Gasteiger partial charge in [0.1, 0.15) is 18.4 Å². The quantitative estimate of drug-likeness (QED) is 0.708. The normalized spacial score (nSPS) is 15.4. The monoisotopic (exact) mass is 390 g/mol. The van der Waals surface area contributed by atoms with Crippen LogP contribution in [0.4, 0.5) is 5.82 Å². The van der Waals surface area contributed by atoms with Gasteiger partial charge in [0.05, 0.1) is 17.5 Å². The number of benzene rings is 1. The topological polar surface area (TPSA) is 96.8 Å². The molecule has 5 rings (SSSR count). The maximum Gasteiger partial charge on any atom is 0.217 e. The molecule has 0 bridgehead atoms. The summed E-state index contributed by atoms with van der Waals surface area (Å²) >= 11 is 0. The van der Waals surface area contributed by atoms with Gasteiger partial charge in [-0.05, 0) is 12.5 Å². The first-order chi connectivity index (χ1) is 14.2. The average Bonchev–Trinajstić information content (AvgIpc) is 3.44. The van der Waals surface area contributed by atoms with Gasteiger partial charge in [-0.3, -0.25) is 10.1 Å². The van der Waals surface area contributed by atoms with E-state index in [0.29, 0.717) is 23.3 Å². The minimum atomic E-state index is 0.240. The third kappa shape index (κ3) is 3.20. The molecule has 0 amide bonds. The maximum atomic E-state index is 6.04. The number of nitrogens with one attached hydrogen (secondary N) is 1. The van der Waals surface area contributed by atoms with Gasteiger partial charge < -0.3 is 9.26 Å². The molecule has 1 N–H and O–H groups in total. The molecule has 2 aromatic heterocycles. The number of anilines is 1. The molecule has 10 nitrogen and oxygen atoms in total. The van der Waals surface area contributed by atoms with Gasteiger partial charge in [-0.2, -0.15) is 10.2 Å². The van der Waals surface area contributed by atoms with Crippen molar-refractivity contribution >= 4 is 17.7 Å². The molecule has 0 fully saturated rings. The maximum absolute atomic E-state index is 6.04. The van der Waals surface area contributed by atoms with E-state index in [0.717, 1.165) is 16.8 Å². The Balaban J connectivity index is 1.51. The predicted molar refractivity (Wildman–Crippen MR) is 104 cm³/mol. The number of fused-ring (bicyclic) bond motifs is 1. The van der Waals surface area contributed by atoms with Crippen LogP contribution in [-0.2, 0) is 18.4 Å². The molecule has 0 saturated heterocycles. The lowest BCUT2D eigenvalue weighted by atomic mass is 10.0. The van der Waals surface area contributed by atoms with E-state index in [-0.39, 0.29) is 6.61 Å². The first kappa shape index (κ1) is 17.0. The van der Waals surface area contributed by atoms with Gasteiger partial charge in [-0.1, -0.05) is 35.5 Å². The van der Waals surface area contributed by atoms with Gasteiger partial charge in [-0.15, -0.1) is 0 Å². The van der Waals surface area contributed by atoms with E-state index in [1.54, 1.807) is 27.4 Å². The predicted octanol–water partition coefficient (Wildman–Crippen LogP) is 2.12. The Hall–Kier alpha value is -4.08. The second-order valence-corrected chi connectivity index (χ2v) is 6.56. The summed E-state index contributed by atoms with van der Waals surface area (Å²) in [6.07, 6.45) is 5.18. The van der Waals surface area contributed by atoms with Gasteiger partial charge in [0.2, 0.25) is 5.88 Å². The molecule has 10 heteroatoms. The Bertz CT molecular complexity index is 1130. The second-order valence-electron chi connectivity index (χ2n) is 6.56. The third-order valence-corrected chi connectivity index (χ3v) is 4.41. The average molecular weight is 390 g/mol. The summed E-state index contributed by atoms with van der Waals surface area (Å²) < 4.78 is 12.9. The van der Waals surface area contributed by atoms with Crippen molar-refractivity contribution in [3.8, 4) is 0 Å². The second kappa shape index (κ2) is 6.82. The zero-order valence-corrected chi connectivity index (χ0v) is 15.9. The Kier molecular flexibility index (Phi) is 4.01. The number of nitrogens with zero attached hydrogens (tertiary/aromatic N) is 7. The Morgan fingerprint density at radius 3 is 2.79 bits per heavy atom. The van der Waals surface area contributed by atoms with E-state index in [4.69, 9.17) is 9.26 Å². The number of hydrogen-bond acceptors (Lipinski definition) is 9. The fraction of sp³-hybridized carbons (Fsp3) is 0.158. The minimum absolute atomic E-state index is 0.240. The molecule has 0 radical (unpaired) electrons. The molecule has 146 valence electrons. The highest BCUT2D eigenvalue weighted by molar-refractivity contribution is 5.87. The van der Waals surface area contributed by atoms with Gasteiger partial charge >= 0.3 is 0 Å². The van der Waals surface area contributed by atoms with Gasteiger partial charge in [0.15, 0.2) is 18.2 Å². The fourth-order valence-corrected chi connectivity index (χ4v) is 3.10. The number of allylic oxidation sites excluding steroid dienone is 1. The molecule has 0 unspecified atom stereocenters. The summed E-state index contributed by atoms with van der Waals surface area (Å²) in [5, 5.41) is 16.2. The van der Waals surface area contributed by atoms with Crippen LogP contribution in [0.25, 0.3) is 5.57 Å². The van der Waals surface area contributed by atoms with Crippen LogP contribution in [0.1, 0.15) is 17.1 Å². The highest BCUT2D eigenvalue weighted by Gasteiger charge is 2.32. The smallest absolute Gasteiger partial charge is 0.217 e. The number of hydrogen-bond donors (Lipinski definition) is 1. The van der Waals surface area contributed by atoms with E-state index in [1.165, 1.54) is 0 Å². The molecule has 2 aliphatic heterocycles. The van der Waals surface area contributed by atoms with Gasteiger partial charge in [-0.25, -0.2) is 15.0 Å². The number of aromatic nitrogens is 4. The van der Waals surface area contributed by atoms with Crippen molar-refractivity contribution in [2.75, 3.05) is 5.01 Å². The summed E-state index contributed by atoms with van der Waals surface area (Å²) in [5.41, 5.74) is 6.01. The summed E-state index contributed by atoms with van der Waals surface area (Å²) in [4.78, 5) is 4.21. The molecule has 4 heterocycles. The molecule has 0 aliphatic carbocycles. The van der Waals surface area contributed by atoms with Gasteiger partial charge in [0, 0.05) is 13.1 Å². The van der Waals surface area contributed by atoms with Crippen LogP contribution in [0, 0.1) is 6.92 Å². The highest BCUT2D eigenvalue weighted by atomic mass is 16.5. The summed E-state index contributed by atoms with van der Waals surface area (Å²) in [6.45, 7) is 2.08. The summed E-state index contributed by atoms with van der Waals surface area (Å²) in [6, 6.07) is 11.8. The van der Waals surface area contributed by atoms with Crippen molar-refractivity contribution in [2.24, 2.45) is 12.1 Å². The summed E-state index contributed by atoms with van der Waals surface area (Å²) in [5.74, 6) is 2.51. The fourth-order valence-electron chi connectivity index (χ4n) is 3.10. The van der Waals surface area contributed by atoms with Crippen LogP contribution < -0.4 is 10.4 Å². The van der Waals surface area contributed by atoms with E-state index in [1.807, 2.05) is 56.6 Å². The van der Waals surface area contributed by atoms with E-state index < -0.39 is 0 Å². The van der Waals surface area contributed by atoms with Crippen LogP contribution in [0.3, 0.4) is 0 Å². The highest BCUT2D eigenvalue weighted by Crippen LogP contribution is 2.35. The van der Waals surface area contributed by atoms with Crippen LogP contribution in [0.2, 0.25) is 0 Å². The van der Waals surface area contributed by atoms with Crippen LogP contribution in [0.5, 0.6) is 0 Å². The minimum Gasteiger partial charge on any atom is -0.469 e. The standard InChI is InChI=1S/C19H18N8O2/c1-13-8-17(24-29-13)26-9-15-18(14-6-4-3-5-7-14)19(23-27(15)12-21-26)28-10-16-20-11-25(2)22-16/h3-9,11-12,23H,10H2,1-2H3. The lowest BCUT2D eigenvalue weighted by Gasteiger charge is -2.23. The molecule has 29 heavy (non-hydrogen) atoms. The molecule has 1 aromatic carbocycles. The first-order valence-corrected chi connectivity index (χ1v) is 8.99. The molecule has 0 saturated carbocycles. The number of hydrazone groups is 1. The van der Waals surface area contributed by atoms with E-state index >= 15 is 0 Å². The first-order valence-electron chi connectivity index (χ1n) is 8.99. The third-order valence-electron chi connectivity index (χ3n) is 4.41. The molecular weight excluding hydrogens is 372 g/mol. The molecule has 3 aromatic rings. The van der Waals surface area contributed by atoms with E-state index in [2.05, 4.69) is 25.8 Å². The number of aryl methyl sites for hydroxylation is 2. The molecular formula is C19H18N8O2. The lowest BCUT2D eigenvalue weighted by molar-refractivity contribution is 0.158. The summed E-state index contributed by atoms with van der Waals surface area (Å²) in [7, 11) is 1.82. The van der Waals surface area contributed by atoms with Crippen LogP contribution in [-0.4, -0.2) is 31.3 Å². The van der Waals surface area contributed by atoms with Crippen molar-refractivity contribution < 1.29 is 9.26 Å². The van der Waals surface area contributed by atoms with Crippen molar-refractivity contribution in [1.82, 2.24) is 30.4 Å². The van der Waals surface area contributed by atoms with Crippen molar-refractivity contribution in [3.05, 3.63) is 77.7 Å². The van der Waals surface area contributed by atoms with E-state index in [9.17, 15) is 0 Å². The Morgan fingerprint density at radius 2 is 2.07 bits per heavy atom. The lowest BCUT2D eigenvalue weighted by Crippen LogP contribution is -2.34. The van der Waals surface area contributed by atoms with Crippen molar-refractivity contribution in [2.45, 2.75) is 13.5 Å². The molecule has 0 atom stereocenters. The number of hydrazine groups is 1. The van der Waals surface area contributed by atoms with Crippen molar-refractivity contribution in [1.29, 1.82) is 0 Å². The molecule has 0 spiro atoms. The zero-order valence-electron chi connectivity index (χ0n) is 15.9. The Morgan fingerprint density at radius 1 is 1.21 bits per heavy atom. The van der Waals surface area contributed by atoms with Crippen LogP contribution >= 0.6 is 0 Å². The number of ether oxygens (including phenoxy) is 1. The van der Waals surface area contributed by atoms with Crippen molar-refractivity contribution in [3.63, 3.8) is 0 Å². The zero-order chi connectivity index (χ0) is 19.8. The van der Waals surface area contributed by atoms with Gasteiger partial charge in [0.25, 0.3) is 0 Å².